The second-order valence-electron chi connectivity index (χ2n) is 5.77. The number of hydrogen-bond donors (Lipinski definition) is 2. The van der Waals surface area contributed by atoms with Crippen LogP contribution in [0.2, 0.25) is 0 Å². The molecule has 0 unspecified atom stereocenters. The van der Waals surface area contributed by atoms with Crippen molar-refractivity contribution in [1.82, 2.24) is 5.32 Å². The van der Waals surface area contributed by atoms with E-state index in [1.807, 2.05) is 18.4 Å². The zero-order chi connectivity index (χ0) is 18.3. The van der Waals surface area contributed by atoms with Crippen LogP contribution in [0, 0.1) is 18.8 Å². The van der Waals surface area contributed by atoms with E-state index in [1.165, 1.54) is 18.3 Å². The summed E-state index contributed by atoms with van der Waals surface area (Å²) in [7, 11) is 0. The highest BCUT2D eigenvalue weighted by Gasteiger charge is 2.24. The van der Waals surface area contributed by atoms with Gasteiger partial charge in [-0.3, -0.25) is 9.59 Å². The van der Waals surface area contributed by atoms with Crippen LogP contribution in [-0.2, 0) is 25.5 Å². The summed E-state index contributed by atoms with van der Waals surface area (Å²) in [4.78, 5) is 35.2. The molecule has 0 bridgehead atoms. The Labute approximate surface area is 145 Å². The highest BCUT2D eigenvalue weighted by molar-refractivity contribution is 7.10. The van der Waals surface area contributed by atoms with Crippen molar-refractivity contribution in [2.24, 2.45) is 11.8 Å². The number of carboxylic acid groups (broad SMARTS) is 1. The number of aliphatic carboxylic acids is 1. The molecule has 1 heterocycles. The first kappa shape index (κ1) is 20.0. The van der Waals surface area contributed by atoms with Crippen LogP contribution in [-0.4, -0.2) is 36.0 Å². The fraction of sp³-hybridized carbons (Fsp3) is 0.562. The number of nitrogens with one attached hydrogen (secondary N) is 1. The van der Waals surface area contributed by atoms with Gasteiger partial charge in [0.25, 0.3) is 6.29 Å². The molecule has 0 aliphatic rings. The number of ether oxygens (including phenoxy) is 2. The molecule has 1 amide bonds. The fourth-order valence-corrected chi connectivity index (χ4v) is 2.89. The topological polar surface area (TPSA) is 102 Å². The zero-order valence-electron chi connectivity index (χ0n) is 14.2. The molecule has 24 heavy (non-hydrogen) atoms. The van der Waals surface area contributed by atoms with Crippen molar-refractivity contribution in [1.29, 1.82) is 0 Å². The van der Waals surface area contributed by atoms with Crippen LogP contribution in [0.25, 0.3) is 0 Å². The molecule has 134 valence electrons. The number of hydrogen-bond acceptors (Lipinski definition) is 6. The number of esters is 1. The lowest BCUT2D eigenvalue weighted by Gasteiger charge is -2.21. The van der Waals surface area contributed by atoms with Gasteiger partial charge in [0.05, 0.1) is 5.92 Å². The Morgan fingerprint density at radius 2 is 1.96 bits per heavy atom. The predicted octanol–water partition coefficient (Wildman–Crippen LogP) is 2.57. The van der Waals surface area contributed by atoms with E-state index in [1.54, 1.807) is 13.8 Å². The number of carbonyl (C=O) groups excluding carboxylic acids is 2. The van der Waals surface area contributed by atoms with Crippen molar-refractivity contribution in [3.8, 4) is 0 Å². The van der Waals surface area contributed by atoms with E-state index >= 15 is 0 Å². The minimum absolute atomic E-state index is 0.0730. The molecule has 0 fully saturated rings. The van der Waals surface area contributed by atoms with E-state index in [0.717, 1.165) is 10.4 Å². The number of carbonyl (C=O) groups is 3. The van der Waals surface area contributed by atoms with Crippen LogP contribution in [0.4, 0.5) is 4.79 Å². The van der Waals surface area contributed by atoms with Gasteiger partial charge in [-0.15, -0.1) is 11.3 Å². The molecule has 7 nitrogen and oxygen atoms in total. The Kier molecular flexibility index (Phi) is 7.70. The van der Waals surface area contributed by atoms with Crippen LogP contribution >= 0.6 is 11.3 Å². The van der Waals surface area contributed by atoms with Gasteiger partial charge in [0.15, 0.2) is 0 Å². The number of rotatable bonds is 8. The van der Waals surface area contributed by atoms with Crippen molar-refractivity contribution in [2.75, 3.05) is 6.54 Å². The Balaban J connectivity index is 2.56. The summed E-state index contributed by atoms with van der Waals surface area (Å²) in [6.07, 6.45) is -1.49. The van der Waals surface area contributed by atoms with Gasteiger partial charge in [0, 0.05) is 24.3 Å². The Bertz CT molecular complexity index is 583. The summed E-state index contributed by atoms with van der Waals surface area (Å²) in [6.45, 7) is 6.54. The van der Waals surface area contributed by atoms with E-state index in [-0.39, 0.29) is 12.5 Å². The predicted molar refractivity (Wildman–Crippen MR) is 88.8 cm³/mol. The standard InChI is InChI=1S/C16H23NO6S/c1-9(2)15(22-11(4)18)23-16(21)17-8-12(14(19)20)7-13-10(3)5-6-24-13/h5-6,9,12,15H,7-8H2,1-4H3,(H,17,21)(H,19,20)/t12-,15+/m0/s1. The largest absolute Gasteiger partial charge is 0.481 e. The Morgan fingerprint density at radius 3 is 2.42 bits per heavy atom. The van der Waals surface area contributed by atoms with Crippen LogP contribution in [0.1, 0.15) is 31.2 Å². The monoisotopic (exact) mass is 357 g/mol. The van der Waals surface area contributed by atoms with Gasteiger partial charge in [-0.1, -0.05) is 13.8 Å². The van der Waals surface area contributed by atoms with Crippen molar-refractivity contribution in [2.45, 2.75) is 40.4 Å². The highest BCUT2D eigenvalue weighted by atomic mass is 32.1. The van der Waals surface area contributed by atoms with Gasteiger partial charge in [-0.2, -0.15) is 0 Å². The molecule has 0 radical (unpaired) electrons. The fourth-order valence-electron chi connectivity index (χ4n) is 1.90. The molecule has 0 saturated heterocycles. The molecule has 1 aromatic rings. The summed E-state index contributed by atoms with van der Waals surface area (Å²) in [6, 6.07) is 1.92. The maximum atomic E-state index is 11.8. The molecule has 0 aromatic carbocycles. The van der Waals surface area contributed by atoms with Gasteiger partial charge >= 0.3 is 18.0 Å². The normalized spacial score (nSPS) is 13.2. The molecule has 8 heteroatoms. The molecule has 1 aromatic heterocycles. The number of thiophene rings is 1. The van der Waals surface area contributed by atoms with E-state index in [4.69, 9.17) is 9.47 Å². The van der Waals surface area contributed by atoms with Gasteiger partial charge in [0.1, 0.15) is 0 Å². The third-order valence-corrected chi connectivity index (χ3v) is 4.34. The molecule has 0 aliphatic heterocycles. The van der Waals surface area contributed by atoms with Gasteiger partial charge in [-0.25, -0.2) is 4.79 Å². The molecular formula is C16H23NO6S. The maximum Gasteiger partial charge on any atom is 0.410 e. The molecule has 2 N–H and O–H groups in total. The second kappa shape index (κ2) is 9.27. The minimum atomic E-state index is -1.01. The third-order valence-electron chi connectivity index (χ3n) is 3.29. The van der Waals surface area contributed by atoms with Crippen LogP contribution in [0.3, 0.4) is 0 Å². The highest BCUT2D eigenvalue weighted by Crippen LogP contribution is 2.20. The van der Waals surface area contributed by atoms with Crippen LogP contribution < -0.4 is 5.32 Å². The molecule has 0 spiro atoms. The SMILES string of the molecule is CC(=O)O[C@H](OC(=O)NC[C@H](Cc1sccc1C)C(=O)O)C(C)C. The van der Waals surface area contributed by atoms with Crippen molar-refractivity contribution < 1.29 is 29.0 Å². The van der Waals surface area contributed by atoms with Crippen molar-refractivity contribution in [3.63, 3.8) is 0 Å². The average molecular weight is 357 g/mol. The number of amides is 1. The van der Waals surface area contributed by atoms with Crippen LogP contribution in [0.5, 0.6) is 0 Å². The molecular weight excluding hydrogens is 334 g/mol. The summed E-state index contributed by atoms with van der Waals surface area (Å²) >= 11 is 1.49. The van der Waals surface area contributed by atoms with Gasteiger partial charge in [-0.05, 0) is 30.4 Å². The number of aryl methyl sites for hydroxylation is 1. The van der Waals surface area contributed by atoms with Gasteiger partial charge in [0.2, 0.25) is 0 Å². The zero-order valence-corrected chi connectivity index (χ0v) is 15.0. The van der Waals surface area contributed by atoms with Crippen LogP contribution in [0.15, 0.2) is 11.4 Å². The maximum absolute atomic E-state index is 11.8. The first-order chi connectivity index (χ1) is 11.2. The molecule has 2 atom stereocenters. The summed E-state index contributed by atoms with van der Waals surface area (Å²) < 4.78 is 9.93. The summed E-state index contributed by atoms with van der Waals surface area (Å²) in [5.74, 6) is -2.54. The lowest BCUT2D eigenvalue weighted by Crippen LogP contribution is -2.38. The van der Waals surface area contributed by atoms with E-state index in [0.29, 0.717) is 6.42 Å². The average Bonchev–Trinajstić information content (AvgIpc) is 2.87. The quantitative estimate of drug-likeness (QED) is 0.548. The van der Waals surface area contributed by atoms with Gasteiger partial charge < -0.3 is 19.9 Å². The Hall–Kier alpha value is -2.09. The molecule has 1 rings (SSSR count). The number of carboxylic acids is 1. The Morgan fingerprint density at radius 1 is 1.29 bits per heavy atom. The van der Waals surface area contributed by atoms with Crippen molar-refractivity contribution >= 4 is 29.4 Å². The minimum Gasteiger partial charge on any atom is -0.481 e. The summed E-state index contributed by atoms with van der Waals surface area (Å²) in [5.41, 5.74) is 1.03. The first-order valence-corrected chi connectivity index (χ1v) is 8.46. The lowest BCUT2D eigenvalue weighted by molar-refractivity contribution is -0.172. The summed E-state index contributed by atoms with van der Waals surface area (Å²) in [5, 5.41) is 13.6. The lowest BCUT2D eigenvalue weighted by atomic mass is 10.0. The molecule has 0 saturated carbocycles. The smallest absolute Gasteiger partial charge is 0.410 e. The third kappa shape index (κ3) is 6.57. The van der Waals surface area contributed by atoms with E-state index in [9.17, 15) is 19.5 Å². The van der Waals surface area contributed by atoms with E-state index in [2.05, 4.69) is 5.32 Å². The number of alkyl carbamates (subject to hydrolysis) is 1. The van der Waals surface area contributed by atoms with Crippen molar-refractivity contribution in [3.05, 3.63) is 21.9 Å². The molecule has 0 aliphatic carbocycles. The van der Waals surface area contributed by atoms with E-state index < -0.39 is 30.2 Å². The second-order valence-corrected chi connectivity index (χ2v) is 6.77. The first-order valence-electron chi connectivity index (χ1n) is 7.58.